The van der Waals surface area contributed by atoms with Gasteiger partial charge in [-0.05, 0) is 42.3 Å². The Labute approximate surface area is 143 Å². The minimum absolute atomic E-state index is 0. The number of nitrogens with two attached hydrogens (primary N) is 2. The van der Waals surface area contributed by atoms with Gasteiger partial charge in [-0.2, -0.15) is 0 Å². The topological polar surface area (TPSA) is 81.1 Å². The summed E-state index contributed by atoms with van der Waals surface area (Å²) in [7, 11) is 0. The maximum atomic E-state index is 12.0. The predicted molar refractivity (Wildman–Crippen MR) is 98.0 cm³/mol. The van der Waals surface area contributed by atoms with Crippen LogP contribution in [0.1, 0.15) is 19.3 Å². The SMILES string of the molecule is Cl.Cl.NCCCC[C@H](N)C(=O)Nc1ccc2ccccc2c1. The Bertz CT molecular complexity index is 592. The first-order valence-electron chi connectivity index (χ1n) is 6.96. The predicted octanol–water partition coefficient (Wildman–Crippen LogP) is 3.08. The standard InChI is InChI=1S/C16H21N3O.2ClH/c17-10-4-3-7-15(18)16(20)19-14-9-8-12-5-1-2-6-13(12)11-14;;/h1-2,5-6,8-9,11,15H,3-4,7,10,17-18H2,(H,19,20);2*1H/t15-;;/m0../s1. The van der Waals surface area contributed by atoms with E-state index in [1.165, 1.54) is 0 Å². The Hall–Kier alpha value is -1.33. The first kappa shape index (κ1) is 20.7. The minimum Gasteiger partial charge on any atom is -0.330 e. The van der Waals surface area contributed by atoms with Crippen LogP contribution in [0.2, 0.25) is 0 Å². The second-order valence-corrected chi connectivity index (χ2v) is 4.94. The first-order chi connectivity index (χ1) is 9.70. The van der Waals surface area contributed by atoms with E-state index in [2.05, 4.69) is 5.32 Å². The zero-order valence-electron chi connectivity index (χ0n) is 12.3. The molecule has 0 heterocycles. The normalized spacial score (nSPS) is 11.2. The van der Waals surface area contributed by atoms with Crippen LogP contribution < -0.4 is 16.8 Å². The zero-order chi connectivity index (χ0) is 14.4. The van der Waals surface area contributed by atoms with Gasteiger partial charge in [-0.15, -0.1) is 24.8 Å². The lowest BCUT2D eigenvalue weighted by molar-refractivity contribution is -0.117. The van der Waals surface area contributed by atoms with Gasteiger partial charge in [-0.25, -0.2) is 0 Å². The zero-order valence-corrected chi connectivity index (χ0v) is 14.0. The summed E-state index contributed by atoms with van der Waals surface area (Å²) in [5.74, 6) is -0.141. The smallest absolute Gasteiger partial charge is 0.241 e. The van der Waals surface area contributed by atoms with Gasteiger partial charge >= 0.3 is 0 Å². The summed E-state index contributed by atoms with van der Waals surface area (Å²) < 4.78 is 0. The van der Waals surface area contributed by atoms with Crippen LogP contribution in [0.25, 0.3) is 10.8 Å². The van der Waals surface area contributed by atoms with Crippen molar-refractivity contribution in [2.45, 2.75) is 25.3 Å². The Morgan fingerprint density at radius 1 is 1.05 bits per heavy atom. The number of unbranched alkanes of at least 4 members (excludes halogenated alkanes) is 1. The molecule has 5 N–H and O–H groups in total. The summed E-state index contributed by atoms with van der Waals surface area (Å²) in [6, 6.07) is 13.4. The lowest BCUT2D eigenvalue weighted by Gasteiger charge is -2.12. The van der Waals surface area contributed by atoms with Crippen molar-refractivity contribution in [1.29, 1.82) is 0 Å². The monoisotopic (exact) mass is 343 g/mol. The van der Waals surface area contributed by atoms with Gasteiger partial charge in [0.2, 0.25) is 5.91 Å². The molecule has 0 saturated carbocycles. The van der Waals surface area contributed by atoms with Gasteiger partial charge in [0, 0.05) is 5.69 Å². The van der Waals surface area contributed by atoms with E-state index in [1.54, 1.807) is 0 Å². The molecule has 2 aromatic carbocycles. The molecule has 22 heavy (non-hydrogen) atoms. The molecule has 0 saturated heterocycles. The molecule has 6 heteroatoms. The number of carbonyl (C=O) groups is 1. The number of benzene rings is 2. The second-order valence-electron chi connectivity index (χ2n) is 4.94. The molecule has 1 amide bonds. The van der Waals surface area contributed by atoms with Crippen LogP contribution in [-0.2, 0) is 4.79 Å². The summed E-state index contributed by atoms with van der Waals surface area (Å²) in [5.41, 5.74) is 12.1. The third-order valence-electron chi connectivity index (χ3n) is 3.32. The molecule has 0 fully saturated rings. The molecule has 0 aliphatic carbocycles. The highest BCUT2D eigenvalue weighted by atomic mass is 35.5. The maximum absolute atomic E-state index is 12.0. The summed E-state index contributed by atoms with van der Waals surface area (Å²) in [4.78, 5) is 12.0. The van der Waals surface area contributed by atoms with Crippen molar-refractivity contribution >= 4 is 47.2 Å². The molecule has 0 aromatic heterocycles. The first-order valence-corrected chi connectivity index (χ1v) is 6.96. The molecule has 2 rings (SSSR count). The van der Waals surface area contributed by atoms with Gasteiger partial charge < -0.3 is 16.8 Å². The molecule has 0 radical (unpaired) electrons. The maximum Gasteiger partial charge on any atom is 0.241 e. The molecule has 0 aliphatic heterocycles. The Kier molecular flexibility index (Phi) is 9.78. The molecule has 1 atom stereocenters. The fourth-order valence-corrected chi connectivity index (χ4v) is 2.14. The average molecular weight is 344 g/mol. The van der Waals surface area contributed by atoms with E-state index in [-0.39, 0.29) is 30.7 Å². The molecule has 0 spiro atoms. The van der Waals surface area contributed by atoms with Crippen molar-refractivity contribution in [3.05, 3.63) is 42.5 Å². The largest absolute Gasteiger partial charge is 0.330 e. The van der Waals surface area contributed by atoms with Crippen LogP contribution >= 0.6 is 24.8 Å². The fraction of sp³-hybridized carbons (Fsp3) is 0.312. The van der Waals surface area contributed by atoms with Crippen LogP contribution in [0.4, 0.5) is 5.69 Å². The second kappa shape index (κ2) is 10.4. The number of amides is 1. The number of carbonyl (C=O) groups excluding carboxylic acids is 1. The number of fused-ring (bicyclic) bond motifs is 1. The van der Waals surface area contributed by atoms with E-state index in [0.29, 0.717) is 13.0 Å². The molecule has 0 unspecified atom stereocenters. The van der Waals surface area contributed by atoms with E-state index in [0.717, 1.165) is 29.3 Å². The third-order valence-corrected chi connectivity index (χ3v) is 3.32. The van der Waals surface area contributed by atoms with Gasteiger partial charge in [0.05, 0.1) is 6.04 Å². The number of halogens is 2. The van der Waals surface area contributed by atoms with Crippen molar-refractivity contribution < 1.29 is 4.79 Å². The number of nitrogens with one attached hydrogen (secondary N) is 1. The Morgan fingerprint density at radius 3 is 2.41 bits per heavy atom. The average Bonchev–Trinajstić information content (AvgIpc) is 2.47. The molecule has 122 valence electrons. The quantitative estimate of drug-likeness (QED) is 0.705. The molecule has 0 aliphatic rings. The van der Waals surface area contributed by atoms with E-state index >= 15 is 0 Å². The van der Waals surface area contributed by atoms with Crippen molar-refractivity contribution in [3.63, 3.8) is 0 Å². The van der Waals surface area contributed by atoms with E-state index in [1.807, 2.05) is 42.5 Å². The van der Waals surface area contributed by atoms with Crippen molar-refractivity contribution in [1.82, 2.24) is 0 Å². The summed E-state index contributed by atoms with van der Waals surface area (Å²) >= 11 is 0. The van der Waals surface area contributed by atoms with Gasteiger partial charge in [0.25, 0.3) is 0 Å². The van der Waals surface area contributed by atoms with Gasteiger partial charge in [-0.1, -0.05) is 36.8 Å². The van der Waals surface area contributed by atoms with Crippen LogP contribution in [0.5, 0.6) is 0 Å². The summed E-state index contributed by atoms with van der Waals surface area (Å²) in [6.07, 6.45) is 2.44. The molecular weight excluding hydrogens is 321 g/mol. The Balaban J connectivity index is 0.00000220. The summed E-state index contributed by atoms with van der Waals surface area (Å²) in [5, 5.41) is 5.12. The van der Waals surface area contributed by atoms with E-state index in [4.69, 9.17) is 11.5 Å². The van der Waals surface area contributed by atoms with E-state index < -0.39 is 6.04 Å². The van der Waals surface area contributed by atoms with Crippen molar-refractivity contribution in [2.24, 2.45) is 11.5 Å². The number of rotatable bonds is 6. The lowest BCUT2D eigenvalue weighted by atomic mass is 10.1. The molecule has 2 aromatic rings. The van der Waals surface area contributed by atoms with Crippen LogP contribution in [0.15, 0.2) is 42.5 Å². The highest BCUT2D eigenvalue weighted by Gasteiger charge is 2.13. The van der Waals surface area contributed by atoms with Crippen LogP contribution in [0.3, 0.4) is 0 Å². The molecule has 4 nitrogen and oxygen atoms in total. The number of hydrogen-bond donors (Lipinski definition) is 3. The number of hydrogen-bond acceptors (Lipinski definition) is 3. The molecule has 0 bridgehead atoms. The van der Waals surface area contributed by atoms with Crippen molar-refractivity contribution in [3.8, 4) is 0 Å². The van der Waals surface area contributed by atoms with Crippen LogP contribution in [-0.4, -0.2) is 18.5 Å². The summed E-state index contributed by atoms with van der Waals surface area (Å²) in [6.45, 7) is 0.638. The minimum atomic E-state index is -0.479. The third kappa shape index (κ3) is 5.81. The van der Waals surface area contributed by atoms with Crippen LogP contribution in [0, 0.1) is 0 Å². The molecular formula is C16H23Cl2N3O. The van der Waals surface area contributed by atoms with Crippen molar-refractivity contribution in [2.75, 3.05) is 11.9 Å². The fourth-order valence-electron chi connectivity index (χ4n) is 2.14. The van der Waals surface area contributed by atoms with Gasteiger partial charge in [-0.3, -0.25) is 4.79 Å². The highest BCUT2D eigenvalue weighted by molar-refractivity contribution is 5.97. The lowest BCUT2D eigenvalue weighted by Crippen LogP contribution is -2.35. The van der Waals surface area contributed by atoms with Gasteiger partial charge in [0.15, 0.2) is 0 Å². The highest BCUT2D eigenvalue weighted by Crippen LogP contribution is 2.19. The Morgan fingerprint density at radius 2 is 1.73 bits per heavy atom. The van der Waals surface area contributed by atoms with Gasteiger partial charge in [0.1, 0.15) is 0 Å². The number of anilines is 1. The van der Waals surface area contributed by atoms with E-state index in [9.17, 15) is 4.79 Å².